The van der Waals surface area contributed by atoms with Gasteiger partial charge in [-0.25, -0.2) is 9.18 Å². The highest BCUT2D eigenvalue weighted by Crippen LogP contribution is 2.23. The number of nitrogens with zero attached hydrogens (tertiary/aromatic N) is 1. The first kappa shape index (κ1) is 10.2. The van der Waals surface area contributed by atoms with Crippen LogP contribution < -0.4 is 0 Å². The minimum absolute atomic E-state index is 0.0296. The van der Waals surface area contributed by atoms with Gasteiger partial charge in [0.15, 0.2) is 0 Å². The lowest BCUT2D eigenvalue weighted by Crippen LogP contribution is -2.44. The van der Waals surface area contributed by atoms with E-state index >= 15 is 0 Å². The van der Waals surface area contributed by atoms with Crippen molar-refractivity contribution in [1.82, 2.24) is 4.90 Å². The van der Waals surface area contributed by atoms with Crippen LogP contribution in [0.5, 0.6) is 0 Å². The van der Waals surface area contributed by atoms with Crippen molar-refractivity contribution in [2.45, 2.75) is 19.0 Å². The lowest BCUT2D eigenvalue weighted by molar-refractivity contribution is 0.0655. The molecule has 1 rings (SSSR count). The highest BCUT2D eigenvalue weighted by Gasteiger charge is 2.30. The maximum atomic E-state index is 13.2. The fraction of sp³-hybridized carbons (Fsp3) is 0.875. The molecule has 2 atom stereocenters. The molecule has 1 aliphatic heterocycles. The molecule has 0 aromatic heterocycles. The molecule has 0 spiro atoms. The summed E-state index contributed by atoms with van der Waals surface area (Å²) in [4.78, 5) is 11.6. The first-order chi connectivity index (χ1) is 6.15. The smallest absolute Gasteiger partial charge is 0.407 e. The van der Waals surface area contributed by atoms with Crippen molar-refractivity contribution in [3.63, 3.8) is 0 Å². The van der Waals surface area contributed by atoms with E-state index in [0.717, 1.165) is 4.90 Å². The number of aliphatic hydroxyl groups is 1. The average molecular weight is 191 g/mol. The van der Waals surface area contributed by atoms with Gasteiger partial charge in [-0.1, -0.05) is 0 Å². The van der Waals surface area contributed by atoms with Crippen LogP contribution in [0.1, 0.15) is 12.8 Å². The summed E-state index contributed by atoms with van der Waals surface area (Å²) >= 11 is 0. The third-order valence-electron chi connectivity index (χ3n) is 2.45. The number of carbonyl (C=O) groups is 1. The molecule has 0 aromatic carbocycles. The minimum Gasteiger partial charge on any atom is -0.465 e. The van der Waals surface area contributed by atoms with E-state index in [1.807, 2.05) is 0 Å². The summed E-state index contributed by atoms with van der Waals surface area (Å²) in [6.45, 7) is 0.290. The second-order valence-corrected chi connectivity index (χ2v) is 3.31. The van der Waals surface area contributed by atoms with E-state index in [-0.39, 0.29) is 19.1 Å². The number of halogens is 1. The van der Waals surface area contributed by atoms with Crippen LogP contribution in [0.2, 0.25) is 0 Å². The summed E-state index contributed by atoms with van der Waals surface area (Å²) in [5.41, 5.74) is 0. The zero-order valence-electron chi connectivity index (χ0n) is 7.32. The molecule has 76 valence electrons. The molecular formula is C8H14FNO3. The third-order valence-corrected chi connectivity index (χ3v) is 2.45. The van der Waals surface area contributed by atoms with Crippen molar-refractivity contribution >= 4 is 6.09 Å². The molecule has 5 heteroatoms. The van der Waals surface area contributed by atoms with E-state index in [0.29, 0.717) is 19.4 Å². The molecule has 1 aliphatic rings. The highest BCUT2D eigenvalue weighted by atomic mass is 19.1. The van der Waals surface area contributed by atoms with E-state index in [4.69, 9.17) is 10.2 Å². The molecule has 0 aliphatic carbocycles. The van der Waals surface area contributed by atoms with Crippen LogP contribution in [0, 0.1) is 5.92 Å². The fourth-order valence-corrected chi connectivity index (χ4v) is 1.62. The van der Waals surface area contributed by atoms with Crippen molar-refractivity contribution in [2.24, 2.45) is 5.92 Å². The zero-order chi connectivity index (χ0) is 9.84. The Hall–Kier alpha value is -0.840. The van der Waals surface area contributed by atoms with Crippen molar-refractivity contribution in [3.8, 4) is 0 Å². The molecular weight excluding hydrogens is 177 g/mol. The Labute approximate surface area is 76.0 Å². The second kappa shape index (κ2) is 4.41. The topological polar surface area (TPSA) is 60.8 Å². The van der Waals surface area contributed by atoms with E-state index in [1.54, 1.807) is 0 Å². The average Bonchev–Trinajstić information content (AvgIpc) is 2.08. The summed E-state index contributed by atoms with van der Waals surface area (Å²) < 4.78 is 13.2. The standard InChI is InChI=1S/C8H14FNO3/c9-7-5-10(8(12)13)3-1-6(7)2-4-11/h6-7,11H,1-5H2,(H,12,13). The van der Waals surface area contributed by atoms with E-state index < -0.39 is 12.3 Å². The summed E-state index contributed by atoms with van der Waals surface area (Å²) in [6, 6.07) is 0. The van der Waals surface area contributed by atoms with Gasteiger partial charge in [-0.05, 0) is 18.8 Å². The number of likely N-dealkylation sites (tertiary alicyclic amines) is 1. The van der Waals surface area contributed by atoms with Crippen LogP contribution >= 0.6 is 0 Å². The van der Waals surface area contributed by atoms with E-state index in [9.17, 15) is 9.18 Å². The molecule has 1 heterocycles. The first-order valence-corrected chi connectivity index (χ1v) is 4.38. The van der Waals surface area contributed by atoms with Crippen molar-refractivity contribution < 1.29 is 19.4 Å². The van der Waals surface area contributed by atoms with Crippen LogP contribution in [0.15, 0.2) is 0 Å². The Balaban J connectivity index is 2.41. The Bertz CT molecular complexity index is 188. The maximum absolute atomic E-state index is 13.2. The second-order valence-electron chi connectivity index (χ2n) is 3.31. The molecule has 1 saturated heterocycles. The Morgan fingerprint density at radius 3 is 2.77 bits per heavy atom. The molecule has 0 aromatic rings. The van der Waals surface area contributed by atoms with Gasteiger partial charge < -0.3 is 15.1 Å². The summed E-state index contributed by atoms with van der Waals surface area (Å²) in [7, 11) is 0. The van der Waals surface area contributed by atoms with Gasteiger partial charge in [0, 0.05) is 13.2 Å². The lowest BCUT2D eigenvalue weighted by atomic mass is 9.92. The Morgan fingerprint density at radius 1 is 1.62 bits per heavy atom. The zero-order valence-corrected chi connectivity index (χ0v) is 7.32. The largest absolute Gasteiger partial charge is 0.465 e. The number of carboxylic acid groups (broad SMARTS) is 1. The van der Waals surface area contributed by atoms with Gasteiger partial charge in [-0.3, -0.25) is 0 Å². The monoisotopic (exact) mass is 191 g/mol. The van der Waals surface area contributed by atoms with Gasteiger partial charge in [0.05, 0.1) is 6.54 Å². The first-order valence-electron chi connectivity index (χ1n) is 4.38. The van der Waals surface area contributed by atoms with Gasteiger partial charge in [0.25, 0.3) is 0 Å². The normalized spacial score (nSPS) is 28.9. The number of alkyl halides is 1. The molecule has 2 unspecified atom stereocenters. The summed E-state index contributed by atoms with van der Waals surface area (Å²) in [6.07, 6.45) is -1.26. The summed E-state index contributed by atoms with van der Waals surface area (Å²) in [5, 5.41) is 17.2. The maximum Gasteiger partial charge on any atom is 0.407 e. The number of hydrogen-bond acceptors (Lipinski definition) is 2. The van der Waals surface area contributed by atoms with E-state index in [2.05, 4.69) is 0 Å². The van der Waals surface area contributed by atoms with Gasteiger partial charge >= 0.3 is 6.09 Å². The molecule has 1 fully saturated rings. The third kappa shape index (κ3) is 2.55. The van der Waals surface area contributed by atoms with E-state index in [1.165, 1.54) is 0 Å². The quantitative estimate of drug-likeness (QED) is 0.675. The Morgan fingerprint density at radius 2 is 2.31 bits per heavy atom. The van der Waals surface area contributed by atoms with Gasteiger partial charge in [0.1, 0.15) is 6.17 Å². The summed E-state index contributed by atoms with van der Waals surface area (Å²) in [5.74, 6) is -0.180. The van der Waals surface area contributed by atoms with Crippen LogP contribution in [0.25, 0.3) is 0 Å². The van der Waals surface area contributed by atoms with Crippen LogP contribution in [-0.4, -0.2) is 47.1 Å². The SMILES string of the molecule is O=C(O)N1CCC(CCO)C(F)C1. The Kier molecular flexibility index (Phi) is 3.48. The number of amides is 1. The van der Waals surface area contributed by atoms with Crippen LogP contribution in [-0.2, 0) is 0 Å². The minimum atomic E-state index is -1.13. The predicted molar refractivity (Wildman–Crippen MR) is 44.3 cm³/mol. The highest BCUT2D eigenvalue weighted by molar-refractivity contribution is 5.65. The molecule has 0 radical (unpaired) electrons. The molecule has 0 saturated carbocycles. The molecule has 0 bridgehead atoms. The van der Waals surface area contributed by atoms with Crippen molar-refractivity contribution in [2.75, 3.05) is 19.7 Å². The predicted octanol–water partition coefficient (Wildman–Crippen LogP) is 0.707. The number of rotatable bonds is 2. The fourth-order valence-electron chi connectivity index (χ4n) is 1.62. The number of piperidine rings is 1. The molecule has 2 N–H and O–H groups in total. The van der Waals surface area contributed by atoms with Crippen molar-refractivity contribution in [1.29, 1.82) is 0 Å². The van der Waals surface area contributed by atoms with Crippen LogP contribution in [0.4, 0.5) is 9.18 Å². The van der Waals surface area contributed by atoms with Crippen LogP contribution in [0.3, 0.4) is 0 Å². The number of hydrogen-bond donors (Lipinski definition) is 2. The van der Waals surface area contributed by atoms with Gasteiger partial charge in [0.2, 0.25) is 0 Å². The lowest BCUT2D eigenvalue weighted by Gasteiger charge is -2.32. The molecule has 1 amide bonds. The molecule has 4 nitrogen and oxygen atoms in total. The molecule has 13 heavy (non-hydrogen) atoms. The van der Waals surface area contributed by atoms with Gasteiger partial charge in [-0.15, -0.1) is 0 Å². The van der Waals surface area contributed by atoms with Crippen molar-refractivity contribution in [3.05, 3.63) is 0 Å². The number of aliphatic hydroxyl groups excluding tert-OH is 1. The van der Waals surface area contributed by atoms with Gasteiger partial charge in [-0.2, -0.15) is 0 Å².